The van der Waals surface area contributed by atoms with Gasteiger partial charge in [-0.1, -0.05) is 12.5 Å². The Balaban J connectivity index is 1.66. The Morgan fingerprint density at radius 1 is 1.38 bits per heavy atom. The van der Waals surface area contributed by atoms with E-state index < -0.39 is 5.91 Å². The molecule has 0 spiro atoms. The second kappa shape index (κ2) is 6.54. The van der Waals surface area contributed by atoms with Crippen molar-refractivity contribution < 1.29 is 9.53 Å². The molecule has 1 aromatic rings. The molecule has 1 aromatic heterocycles. The summed E-state index contributed by atoms with van der Waals surface area (Å²) in [5.74, 6) is 0.373. The van der Waals surface area contributed by atoms with Gasteiger partial charge in [-0.25, -0.2) is 0 Å². The van der Waals surface area contributed by atoms with Gasteiger partial charge in [0.25, 0.3) is 0 Å². The van der Waals surface area contributed by atoms with Crippen LogP contribution in [0.1, 0.15) is 30.9 Å². The van der Waals surface area contributed by atoms with E-state index in [2.05, 4.69) is 16.0 Å². The maximum atomic E-state index is 10.8. The highest BCUT2D eigenvalue weighted by Crippen LogP contribution is 2.37. The second-order valence-corrected chi connectivity index (χ2v) is 6.14. The summed E-state index contributed by atoms with van der Waals surface area (Å²) in [4.78, 5) is 17.9. The number of hydrogen-bond acceptors (Lipinski definition) is 4. The second-order valence-electron chi connectivity index (χ2n) is 6.14. The summed E-state index contributed by atoms with van der Waals surface area (Å²) in [6.07, 6.45) is 5.81. The number of carbonyl (C=O) groups excluding carboxylic acids is 1. The molecule has 2 atom stereocenters. The zero-order valence-corrected chi connectivity index (χ0v) is 12.3. The average molecular weight is 289 g/mol. The number of rotatable bonds is 6. The quantitative estimate of drug-likeness (QED) is 0.853. The third kappa shape index (κ3) is 3.41. The normalized spacial score (nSPS) is 26.7. The van der Waals surface area contributed by atoms with Crippen molar-refractivity contribution in [2.75, 3.05) is 26.3 Å². The van der Waals surface area contributed by atoms with E-state index in [1.54, 1.807) is 0 Å². The minimum Gasteiger partial charge on any atom is -0.371 e. The van der Waals surface area contributed by atoms with E-state index in [0.29, 0.717) is 18.4 Å². The van der Waals surface area contributed by atoms with Crippen LogP contribution in [-0.2, 0) is 9.53 Å². The lowest BCUT2D eigenvalue weighted by Gasteiger charge is -2.34. The maximum Gasteiger partial charge on any atom is 0.243 e. The molecular formula is C16H23N3O2. The molecule has 0 bridgehead atoms. The summed E-state index contributed by atoms with van der Waals surface area (Å²) in [6, 6.07) is 6.81. The Kier molecular flexibility index (Phi) is 4.51. The molecule has 5 nitrogen and oxygen atoms in total. The van der Waals surface area contributed by atoms with Gasteiger partial charge in [0.2, 0.25) is 5.91 Å². The maximum absolute atomic E-state index is 10.8. The van der Waals surface area contributed by atoms with E-state index in [4.69, 9.17) is 10.5 Å². The summed E-state index contributed by atoms with van der Waals surface area (Å²) in [7, 11) is 0. The summed E-state index contributed by atoms with van der Waals surface area (Å²) in [5.41, 5.74) is 6.27. The van der Waals surface area contributed by atoms with Gasteiger partial charge < -0.3 is 10.5 Å². The number of nitrogens with two attached hydrogens (primary N) is 1. The van der Waals surface area contributed by atoms with Gasteiger partial charge in [-0.15, -0.1) is 0 Å². The van der Waals surface area contributed by atoms with E-state index in [0.717, 1.165) is 24.8 Å². The minimum atomic E-state index is -0.404. The third-order valence-corrected chi connectivity index (χ3v) is 4.70. The summed E-state index contributed by atoms with van der Waals surface area (Å²) < 4.78 is 5.48. The Labute approximate surface area is 125 Å². The van der Waals surface area contributed by atoms with Crippen LogP contribution in [0.4, 0.5) is 0 Å². The number of ether oxygens (including phenoxy) is 1. The lowest BCUT2D eigenvalue weighted by molar-refractivity contribution is -0.122. The van der Waals surface area contributed by atoms with Crippen molar-refractivity contribution in [2.45, 2.75) is 31.2 Å². The van der Waals surface area contributed by atoms with Gasteiger partial charge in [0, 0.05) is 42.9 Å². The van der Waals surface area contributed by atoms with Gasteiger partial charge in [0.05, 0.1) is 6.61 Å². The number of aromatic nitrogens is 1. The van der Waals surface area contributed by atoms with Crippen molar-refractivity contribution in [3.8, 4) is 0 Å². The molecule has 0 radical (unpaired) electrons. The van der Waals surface area contributed by atoms with E-state index >= 15 is 0 Å². The van der Waals surface area contributed by atoms with Crippen molar-refractivity contribution in [2.24, 2.45) is 11.7 Å². The highest BCUT2D eigenvalue weighted by atomic mass is 16.5. The average Bonchev–Trinajstić information content (AvgIpc) is 2.81. The largest absolute Gasteiger partial charge is 0.371 e. The molecule has 2 N–H and O–H groups in total. The lowest BCUT2D eigenvalue weighted by Crippen LogP contribution is -2.38. The van der Waals surface area contributed by atoms with Gasteiger partial charge >= 0.3 is 0 Å². The molecule has 1 aliphatic heterocycles. The molecule has 1 saturated heterocycles. The predicted molar refractivity (Wildman–Crippen MR) is 79.7 cm³/mol. The first-order valence-electron chi connectivity index (χ1n) is 7.75. The van der Waals surface area contributed by atoms with Crippen molar-refractivity contribution in [3.63, 3.8) is 0 Å². The molecule has 0 aromatic carbocycles. The van der Waals surface area contributed by atoms with Crippen molar-refractivity contribution in [3.05, 3.63) is 30.1 Å². The van der Waals surface area contributed by atoms with Gasteiger partial charge in [-0.2, -0.15) is 0 Å². The topological polar surface area (TPSA) is 68.5 Å². The number of hydrogen-bond donors (Lipinski definition) is 1. The Hall–Kier alpha value is -1.46. The van der Waals surface area contributed by atoms with Gasteiger partial charge in [-0.05, 0) is 25.0 Å². The molecule has 21 heavy (non-hydrogen) atoms. The van der Waals surface area contributed by atoms with Crippen molar-refractivity contribution >= 4 is 5.91 Å². The summed E-state index contributed by atoms with van der Waals surface area (Å²) in [6.45, 7) is 2.67. The molecule has 5 heteroatoms. The summed E-state index contributed by atoms with van der Waals surface area (Å²) in [5, 5.41) is 0. The molecule has 1 aliphatic carbocycles. The number of pyridine rings is 1. The number of carbonyl (C=O) groups is 1. The fourth-order valence-electron chi connectivity index (χ4n) is 3.36. The van der Waals surface area contributed by atoms with Crippen LogP contribution >= 0.6 is 0 Å². The zero-order chi connectivity index (χ0) is 14.7. The molecule has 3 rings (SSSR count). The molecule has 114 valence electrons. The molecule has 2 heterocycles. The van der Waals surface area contributed by atoms with Crippen LogP contribution in [0.5, 0.6) is 0 Å². The first kappa shape index (κ1) is 14.5. The number of nitrogens with zero attached hydrogens (tertiary/aromatic N) is 2. The standard InChI is InChI=1S/C16H23N3O2/c17-16(20)11-21-10-12-8-19(13-4-3-5-13)9-14(12)15-6-1-2-7-18-15/h1-2,6-7,12-14H,3-5,8-11H2,(H2,17,20)/t12-,14+/m0/s1. The molecular weight excluding hydrogens is 266 g/mol. The highest BCUT2D eigenvalue weighted by molar-refractivity contribution is 5.74. The number of amides is 1. The van der Waals surface area contributed by atoms with Crippen LogP contribution in [0.25, 0.3) is 0 Å². The zero-order valence-electron chi connectivity index (χ0n) is 12.3. The van der Waals surface area contributed by atoms with Crippen LogP contribution in [0.15, 0.2) is 24.4 Å². The van der Waals surface area contributed by atoms with Crippen LogP contribution in [0.2, 0.25) is 0 Å². The van der Waals surface area contributed by atoms with Crippen LogP contribution < -0.4 is 5.73 Å². The molecule has 2 fully saturated rings. The first-order valence-corrected chi connectivity index (χ1v) is 7.75. The first-order chi connectivity index (χ1) is 10.2. The predicted octanol–water partition coefficient (Wildman–Crippen LogP) is 1.15. The van der Waals surface area contributed by atoms with Crippen LogP contribution in [0, 0.1) is 5.92 Å². The fraction of sp³-hybridized carbons (Fsp3) is 0.625. The van der Waals surface area contributed by atoms with Crippen LogP contribution in [-0.4, -0.2) is 48.1 Å². The van der Waals surface area contributed by atoms with Gasteiger partial charge in [-0.3, -0.25) is 14.7 Å². The lowest BCUT2D eigenvalue weighted by atomic mass is 9.92. The fourth-order valence-corrected chi connectivity index (χ4v) is 3.36. The van der Waals surface area contributed by atoms with Gasteiger partial charge in [0.1, 0.15) is 6.61 Å². The smallest absolute Gasteiger partial charge is 0.243 e. The van der Waals surface area contributed by atoms with E-state index in [1.807, 2.05) is 18.3 Å². The minimum absolute atomic E-state index is 0.00880. The van der Waals surface area contributed by atoms with Crippen molar-refractivity contribution in [1.82, 2.24) is 9.88 Å². The highest BCUT2D eigenvalue weighted by Gasteiger charge is 2.39. The van der Waals surface area contributed by atoms with Crippen LogP contribution in [0.3, 0.4) is 0 Å². The monoisotopic (exact) mass is 289 g/mol. The third-order valence-electron chi connectivity index (χ3n) is 4.70. The van der Waals surface area contributed by atoms with Crippen molar-refractivity contribution in [1.29, 1.82) is 0 Å². The SMILES string of the molecule is NC(=O)COC[C@@H]1CN(C2CCC2)C[C@H]1c1ccccn1. The molecule has 2 aliphatic rings. The Bertz CT molecular complexity index is 476. The van der Waals surface area contributed by atoms with Gasteiger partial charge in [0.15, 0.2) is 0 Å². The summed E-state index contributed by atoms with van der Waals surface area (Å²) >= 11 is 0. The van der Waals surface area contributed by atoms with E-state index in [-0.39, 0.29) is 6.61 Å². The number of primary amides is 1. The van der Waals surface area contributed by atoms with E-state index in [1.165, 1.54) is 19.3 Å². The molecule has 1 saturated carbocycles. The Morgan fingerprint density at radius 3 is 2.86 bits per heavy atom. The molecule has 1 amide bonds. The Morgan fingerprint density at radius 2 is 2.24 bits per heavy atom. The number of likely N-dealkylation sites (tertiary alicyclic amines) is 1. The molecule has 0 unspecified atom stereocenters. The van der Waals surface area contributed by atoms with E-state index in [9.17, 15) is 4.79 Å².